The highest BCUT2D eigenvalue weighted by molar-refractivity contribution is 9.09. The molecule has 34 heavy (non-hydrogen) atoms. The number of rotatable bonds is 9. The monoisotopic (exact) mass is 650 g/mol. The van der Waals surface area contributed by atoms with E-state index in [0.717, 1.165) is 33.7 Å². The molecule has 2 aliphatic rings. The molecule has 0 radical (unpaired) electrons. The molecule has 1 fully saturated rings. The fraction of sp³-hybridized carbons (Fsp3) is 0.613. The van der Waals surface area contributed by atoms with Gasteiger partial charge in [-0.15, -0.1) is 0 Å². The molecule has 0 aliphatic heterocycles. The van der Waals surface area contributed by atoms with Crippen molar-refractivity contribution in [1.29, 1.82) is 0 Å². The van der Waals surface area contributed by atoms with Gasteiger partial charge in [-0.25, -0.2) is 0 Å². The lowest BCUT2D eigenvalue weighted by Crippen LogP contribution is -2.44. The maximum absolute atomic E-state index is 3.87. The second kappa shape index (κ2) is 11.5. The van der Waals surface area contributed by atoms with Crippen LogP contribution in [0.1, 0.15) is 100 Å². The second-order valence-corrected chi connectivity index (χ2v) is 13.0. The van der Waals surface area contributed by atoms with Gasteiger partial charge in [-0.2, -0.15) is 0 Å². The number of alkyl halides is 3. The summed E-state index contributed by atoms with van der Waals surface area (Å²) in [5.41, 5.74) is 10.7. The zero-order valence-electron chi connectivity index (χ0n) is 21.4. The first-order chi connectivity index (χ1) is 16.4. The van der Waals surface area contributed by atoms with E-state index in [4.69, 9.17) is 0 Å². The molecule has 0 spiro atoms. The zero-order chi connectivity index (χ0) is 24.5. The van der Waals surface area contributed by atoms with E-state index in [1.807, 2.05) is 0 Å². The first-order valence-corrected chi connectivity index (χ1v) is 16.8. The third-order valence-electron chi connectivity index (χ3n) is 8.88. The average Bonchev–Trinajstić information content (AvgIpc) is 3.13. The quantitative estimate of drug-likeness (QED) is 0.187. The van der Waals surface area contributed by atoms with E-state index in [1.165, 1.54) is 72.8 Å². The van der Waals surface area contributed by atoms with E-state index in [1.54, 1.807) is 11.1 Å². The molecular weight excluding hydrogens is 612 g/mol. The summed E-state index contributed by atoms with van der Waals surface area (Å²) in [4.78, 5) is 0. The molecule has 0 amide bonds. The van der Waals surface area contributed by atoms with Crippen LogP contribution in [0, 0.1) is 23.7 Å². The summed E-state index contributed by atoms with van der Waals surface area (Å²) >= 11 is 11.5. The van der Waals surface area contributed by atoms with Crippen molar-refractivity contribution in [2.45, 2.75) is 94.0 Å². The van der Waals surface area contributed by atoms with Crippen molar-refractivity contribution >= 4 is 47.8 Å². The van der Waals surface area contributed by atoms with E-state index >= 15 is 0 Å². The Hall–Kier alpha value is -0.120. The first-order valence-electron chi connectivity index (χ1n) is 13.4. The smallest absolute Gasteiger partial charge is 0.0289 e. The van der Waals surface area contributed by atoms with Gasteiger partial charge in [-0.3, -0.25) is 0 Å². The summed E-state index contributed by atoms with van der Waals surface area (Å²) in [7, 11) is 0. The third-order valence-corrected chi connectivity index (χ3v) is 10.8. The van der Waals surface area contributed by atoms with Gasteiger partial charge in [0.15, 0.2) is 0 Å². The standard InChI is InChI=1S/C31H41Br3/c1-5-6-7-12-31(27-13-21(4)8-10-25(27)20(2)3)28-15-22(17-32)9-11-26(28)30-24(19-34)14-23(18-33)16-29(30)31/h9,11,14-16,20-21,25,27H,5-8,10,12-13,17-19H2,1-4H3. The Bertz CT molecular complexity index is 994. The number of unbranched alkanes of at least 4 members (excludes halogenated alkanes) is 2. The van der Waals surface area contributed by atoms with Crippen LogP contribution in [-0.2, 0) is 21.4 Å². The Morgan fingerprint density at radius 3 is 2.29 bits per heavy atom. The minimum atomic E-state index is 0.122. The van der Waals surface area contributed by atoms with E-state index in [-0.39, 0.29) is 5.41 Å². The number of halogens is 3. The Morgan fingerprint density at radius 2 is 1.65 bits per heavy atom. The van der Waals surface area contributed by atoms with E-state index in [2.05, 4.69) is 106 Å². The van der Waals surface area contributed by atoms with Crippen molar-refractivity contribution in [3.05, 3.63) is 58.1 Å². The zero-order valence-corrected chi connectivity index (χ0v) is 26.2. The van der Waals surface area contributed by atoms with Crippen LogP contribution in [0.5, 0.6) is 0 Å². The molecule has 4 rings (SSSR count). The molecule has 2 aliphatic carbocycles. The predicted molar refractivity (Wildman–Crippen MR) is 160 cm³/mol. The number of fused-ring (bicyclic) bond motifs is 3. The van der Waals surface area contributed by atoms with E-state index < -0.39 is 0 Å². The van der Waals surface area contributed by atoms with Gasteiger partial charge in [0.1, 0.15) is 0 Å². The van der Waals surface area contributed by atoms with Crippen LogP contribution in [0.2, 0.25) is 0 Å². The number of hydrogen-bond donors (Lipinski definition) is 0. The fourth-order valence-corrected chi connectivity index (χ4v) is 8.42. The molecule has 2 aromatic carbocycles. The molecule has 0 aromatic heterocycles. The molecule has 0 heterocycles. The average molecular weight is 653 g/mol. The van der Waals surface area contributed by atoms with Crippen LogP contribution in [-0.4, -0.2) is 0 Å². The summed E-state index contributed by atoms with van der Waals surface area (Å²) in [5.74, 6) is 3.02. The predicted octanol–water partition coefficient (Wildman–Crippen LogP) is 10.9. The SMILES string of the molecule is CCCCCC1(C2CC(C)CCC2C(C)C)c2cc(CBr)ccc2-c2c(CBr)cc(CBr)cc21. The molecule has 0 N–H and O–H groups in total. The molecule has 4 unspecified atom stereocenters. The topological polar surface area (TPSA) is 0 Å². The lowest BCUT2D eigenvalue weighted by atomic mass is 9.54. The number of benzene rings is 2. The fourth-order valence-electron chi connectivity index (χ4n) is 7.30. The minimum Gasteiger partial charge on any atom is -0.0876 e. The molecular formula is C31H41Br3. The normalized spacial score (nSPS) is 26.1. The van der Waals surface area contributed by atoms with Gasteiger partial charge in [0.2, 0.25) is 0 Å². The summed E-state index contributed by atoms with van der Waals surface area (Å²) in [6.45, 7) is 9.82. The molecule has 2 aromatic rings. The van der Waals surface area contributed by atoms with Crippen molar-refractivity contribution in [2.24, 2.45) is 23.7 Å². The van der Waals surface area contributed by atoms with Gasteiger partial charge in [0.05, 0.1) is 0 Å². The van der Waals surface area contributed by atoms with Crippen LogP contribution in [0.3, 0.4) is 0 Å². The summed E-state index contributed by atoms with van der Waals surface area (Å²) < 4.78 is 0. The maximum atomic E-state index is 3.87. The van der Waals surface area contributed by atoms with Crippen LogP contribution in [0.4, 0.5) is 0 Å². The Labute approximate surface area is 233 Å². The number of hydrogen-bond acceptors (Lipinski definition) is 0. The second-order valence-electron chi connectivity index (χ2n) is 11.3. The molecule has 0 saturated heterocycles. The van der Waals surface area contributed by atoms with Crippen molar-refractivity contribution in [2.75, 3.05) is 0 Å². The van der Waals surface area contributed by atoms with Gasteiger partial charge in [-0.1, -0.05) is 131 Å². The highest BCUT2D eigenvalue weighted by atomic mass is 79.9. The van der Waals surface area contributed by atoms with E-state index in [9.17, 15) is 0 Å². The largest absolute Gasteiger partial charge is 0.0876 e. The van der Waals surface area contributed by atoms with Crippen molar-refractivity contribution in [3.63, 3.8) is 0 Å². The van der Waals surface area contributed by atoms with Crippen molar-refractivity contribution in [3.8, 4) is 11.1 Å². The molecule has 3 heteroatoms. The van der Waals surface area contributed by atoms with Crippen LogP contribution in [0.15, 0.2) is 30.3 Å². The van der Waals surface area contributed by atoms with Gasteiger partial charge in [0, 0.05) is 21.4 Å². The Morgan fingerprint density at radius 1 is 0.912 bits per heavy atom. The van der Waals surface area contributed by atoms with Crippen LogP contribution >= 0.6 is 47.8 Å². The van der Waals surface area contributed by atoms with Crippen molar-refractivity contribution < 1.29 is 0 Å². The molecule has 186 valence electrons. The highest BCUT2D eigenvalue weighted by Crippen LogP contribution is 2.62. The third kappa shape index (κ3) is 4.76. The lowest BCUT2D eigenvalue weighted by Gasteiger charge is -2.49. The maximum Gasteiger partial charge on any atom is 0.0289 e. The van der Waals surface area contributed by atoms with Crippen LogP contribution in [0.25, 0.3) is 11.1 Å². The van der Waals surface area contributed by atoms with Gasteiger partial charge in [0.25, 0.3) is 0 Å². The molecule has 4 atom stereocenters. The summed E-state index contributed by atoms with van der Waals surface area (Å²) in [6, 6.07) is 12.4. The van der Waals surface area contributed by atoms with Gasteiger partial charge < -0.3 is 0 Å². The van der Waals surface area contributed by atoms with Crippen LogP contribution < -0.4 is 0 Å². The van der Waals surface area contributed by atoms with Gasteiger partial charge in [-0.05, 0) is 81.9 Å². The Balaban J connectivity index is 2.05. The lowest BCUT2D eigenvalue weighted by molar-refractivity contribution is 0.0826. The Kier molecular flexibility index (Phi) is 9.12. The molecule has 1 saturated carbocycles. The van der Waals surface area contributed by atoms with Gasteiger partial charge >= 0.3 is 0 Å². The summed E-state index contributed by atoms with van der Waals surface area (Å²) in [5, 5.41) is 2.76. The highest BCUT2D eigenvalue weighted by Gasteiger charge is 2.52. The molecule has 0 nitrogen and oxygen atoms in total. The minimum absolute atomic E-state index is 0.122. The first kappa shape index (κ1) is 26.9. The van der Waals surface area contributed by atoms with E-state index in [0.29, 0.717) is 5.92 Å². The van der Waals surface area contributed by atoms with Crippen molar-refractivity contribution in [1.82, 2.24) is 0 Å². The summed E-state index contributed by atoms with van der Waals surface area (Å²) in [6.07, 6.45) is 9.31. The molecule has 0 bridgehead atoms.